The minimum absolute atomic E-state index is 0.271. The van der Waals surface area contributed by atoms with E-state index < -0.39 is 5.97 Å². The van der Waals surface area contributed by atoms with E-state index in [1.807, 2.05) is 25.1 Å². The number of hydrogen-bond acceptors (Lipinski definition) is 5. The third-order valence-corrected chi connectivity index (χ3v) is 4.77. The summed E-state index contributed by atoms with van der Waals surface area (Å²) in [6.07, 6.45) is 0.610. The summed E-state index contributed by atoms with van der Waals surface area (Å²) < 4.78 is 1.49. The lowest BCUT2D eigenvalue weighted by molar-refractivity contribution is 0.0697. The van der Waals surface area contributed by atoms with E-state index in [1.54, 1.807) is 18.2 Å². The van der Waals surface area contributed by atoms with Crippen LogP contribution in [0.3, 0.4) is 0 Å². The molecule has 0 spiro atoms. The molecular weight excluding hydrogens is 336 g/mol. The Morgan fingerprint density at radius 3 is 2.64 bits per heavy atom. The summed E-state index contributed by atoms with van der Waals surface area (Å²) in [6.45, 7) is 2.04. The molecule has 0 radical (unpaired) electrons. The average Bonchev–Trinajstić information content (AvgIpc) is 2.95. The van der Waals surface area contributed by atoms with Crippen molar-refractivity contribution in [3.05, 3.63) is 76.6 Å². The number of aromatic nitrogens is 3. The van der Waals surface area contributed by atoms with Gasteiger partial charge < -0.3 is 10.9 Å². The van der Waals surface area contributed by atoms with E-state index in [1.165, 1.54) is 22.0 Å². The maximum Gasteiger partial charge on any atom is 0.335 e. The second-order valence-electron chi connectivity index (χ2n) is 5.73. The predicted octanol–water partition coefficient (Wildman–Crippen LogP) is 2.88. The van der Waals surface area contributed by atoms with Gasteiger partial charge in [-0.05, 0) is 30.2 Å². The Bertz CT molecular complexity index is 890. The average molecular weight is 354 g/mol. The maximum absolute atomic E-state index is 11.0. The van der Waals surface area contributed by atoms with Crippen molar-refractivity contribution in [2.45, 2.75) is 24.3 Å². The van der Waals surface area contributed by atoms with Gasteiger partial charge in [-0.3, -0.25) is 0 Å². The van der Waals surface area contributed by atoms with Gasteiger partial charge in [-0.25, -0.2) is 9.47 Å². The molecule has 0 amide bonds. The standard InChI is InChI=1S/C18H18N4O2S/c1-12-5-7-13(8-6-12)10-16-20-21-18(22(16)19)25-11-14-3-2-4-15(9-14)17(23)24/h2-9H,10-11,19H2,1H3,(H,23,24). The largest absolute Gasteiger partial charge is 0.478 e. The number of nitrogens with two attached hydrogens (primary N) is 1. The molecule has 25 heavy (non-hydrogen) atoms. The van der Waals surface area contributed by atoms with Gasteiger partial charge in [-0.2, -0.15) is 0 Å². The van der Waals surface area contributed by atoms with Crippen molar-refractivity contribution >= 4 is 17.7 Å². The smallest absolute Gasteiger partial charge is 0.335 e. The van der Waals surface area contributed by atoms with E-state index in [4.69, 9.17) is 10.9 Å². The van der Waals surface area contributed by atoms with Crippen LogP contribution >= 0.6 is 11.8 Å². The highest BCUT2D eigenvalue weighted by Gasteiger charge is 2.11. The van der Waals surface area contributed by atoms with Crippen LogP contribution in [-0.2, 0) is 12.2 Å². The summed E-state index contributed by atoms with van der Waals surface area (Å²) in [4.78, 5) is 11.0. The molecule has 0 aliphatic carbocycles. The molecule has 0 aliphatic rings. The topological polar surface area (TPSA) is 94.0 Å². The van der Waals surface area contributed by atoms with Gasteiger partial charge in [-0.1, -0.05) is 53.7 Å². The van der Waals surface area contributed by atoms with Gasteiger partial charge in [0.1, 0.15) is 0 Å². The summed E-state index contributed by atoms with van der Waals surface area (Å²) in [5, 5.41) is 17.9. The molecule has 0 saturated carbocycles. The Hall–Kier alpha value is -2.80. The van der Waals surface area contributed by atoms with Crippen LogP contribution in [0, 0.1) is 6.92 Å². The van der Waals surface area contributed by atoms with Gasteiger partial charge in [0.05, 0.1) is 5.56 Å². The maximum atomic E-state index is 11.0. The first-order valence-electron chi connectivity index (χ1n) is 7.73. The number of hydrogen-bond donors (Lipinski definition) is 2. The van der Waals surface area contributed by atoms with Gasteiger partial charge in [0.15, 0.2) is 5.82 Å². The highest BCUT2D eigenvalue weighted by Crippen LogP contribution is 2.22. The predicted molar refractivity (Wildman–Crippen MR) is 97.1 cm³/mol. The first-order valence-corrected chi connectivity index (χ1v) is 8.71. The fourth-order valence-electron chi connectivity index (χ4n) is 2.36. The first kappa shape index (κ1) is 17.0. The molecule has 1 heterocycles. The Morgan fingerprint density at radius 2 is 1.92 bits per heavy atom. The Kier molecular flexibility index (Phi) is 5.04. The van der Waals surface area contributed by atoms with Crippen molar-refractivity contribution in [3.63, 3.8) is 0 Å². The zero-order valence-electron chi connectivity index (χ0n) is 13.7. The van der Waals surface area contributed by atoms with Crippen molar-refractivity contribution in [2.24, 2.45) is 0 Å². The number of carboxylic acid groups (broad SMARTS) is 1. The van der Waals surface area contributed by atoms with Crippen LogP contribution in [0.1, 0.15) is 32.9 Å². The van der Waals surface area contributed by atoms with Crippen LogP contribution in [0.4, 0.5) is 0 Å². The number of nitrogen functional groups attached to an aromatic ring is 1. The van der Waals surface area contributed by atoms with Gasteiger partial charge in [-0.15, -0.1) is 10.2 Å². The first-order chi connectivity index (χ1) is 12.0. The molecule has 0 atom stereocenters. The van der Waals surface area contributed by atoms with E-state index in [9.17, 15) is 4.79 Å². The second kappa shape index (κ2) is 7.40. The number of carbonyl (C=O) groups is 1. The number of nitrogens with zero attached hydrogens (tertiary/aromatic N) is 3. The molecule has 3 N–H and O–H groups in total. The fraction of sp³-hybridized carbons (Fsp3) is 0.167. The SMILES string of the molecule is Cc1ccc(Cc2nnc(SCc3cccc(C(=O)O)c3)n2N)cc1. The van der Waals surface area contributed by atoms with E-state index >= 15 is 0 Å². The number of aromatic carboxylic acids is 1. The van der Waals surface area contributed by atoms with Crippen molar-refractivity contribution in [1.29, 1.82) is 0 Å². The molecule has 0 aliphatic heterocycles. The third kappa shape index (κ3) is 4.19. The van der Waals surface area contributed by atoms with Gasteiger partial charge >= 0.3 is 5.97 Å². The summed E-state index contributed by atoms with van der Waals surface area (Å²) in [5.74, 6) is 6.42. The van der Waals surface area contributed by atoms with Gasteiger partial charge in [0.2, 0.25) is 5.16 Å². The van der Waals surface area contributed by atoms with E-state index in [2.05, 4.69) is 22.3 Å². The molecule has 3 aromatic rings. The van der Waals surface area contributed by atoms with E-state index in [0.29, 0.717) is 23.2 Å². The molecular formula is C18H18N4O2S. The number of rotatable bonds is 6. The van der Waals surface area contributed by atoms with E-state index in [-0.39, 0.29) is 5.56 Å². The van der Waals surface area contributed by atoms with E-state index in [0.717, 1.165) is 11.1 Å². The van der Waals surface area contributed by atoms with Crippen molar-refractivity contribution in [2.75, 3.05) is 5.84 Å². The Labute approximate surface area is 149 Å². The summed E-state index contributed by atoms with van der Waals surface area (Å²) in [5.41, 5.74) is 3.49. The van der Waals surface area contributed by atoms with Crippen LogP contribution in [0.5, 0.6) is 0 Å². The normalized spacial score (nSPS) is 10.8. The molecule has 0 saturated heterocycles. The molecule has 0 fully saturated rings. The molecule has 6 nitrogen and oxygen atoms in total. The van der Waals surface area contributed by atoms with Crippen molar-refractivity contribution in [1.82, 2.24) is 14.9 Å². The van der Waals surface area contributed by atoms with Crippen LogP contribution in [0.15, 0.2) is 53.7 Å². The summed E-state index contributed by atoms with van der Waals surface area (Å²) in [6, 6.07) is 15.0. The van der Waals surface area contributed by atoms with Gasteiger partial charge in [0, 0.05) is 12.2 Å². The van der Waals surface area contributed by atoms with Gasteiger partial charge in [0.25, 0.3) is 0 Å². The van der Waals surface area contributed by atoms with Crippen LogP contribution in [-0.4, -0.2) is 25.9 Å². The summed E-state index contributed by atoms with van der Waals surface area (Å²) >= 11 is 1.43. The highest BCUT2D eigenvalue weighted by molar-refractivity contribution is 7.98. The number of carboxylic acids is 1. The van der Waals surface area contributed by atoms with Crippen molar-refractivity contribution < 1.29 is 9.90 Å². The zero-order chi connectivity index (χ0) is 17.8. The van der Waals surface area contributed by atoms with Crippen LogP contribution in [0.2, 0.25) is 0 Å². The number of thioether (sulfide) groups is 1. The molecule has 2 aromatic carbocycles. The summed E-state index contributed by atoms with van der Waals surface area (Å²) in [7, 11) is 0. The Balaban J connectivity index is 1.68. The minimum atomic E-state index is -0.936. The molecule has 1 aromatic heterocycles. The molecule has 3 rings (SSSR count). The minimum Gasteiger partial charge on any atom is -0.478 e. The fourth-order valence-corrected chi connectivity index (χ4v) is 3.18. The molecule has 0 unspecified atom stereocenters. The van der Waals surface area contributed by atoms with Crippen molar-refractivity contribution in [3.8, 4) is 0 Å². The quantitative estimate of drug-likeness (QED) is 0.522. The molecule has 128 valence electrons. The lowest BCUT2D eigenvalue weighted by Gasteiger charge is -2.05. The van der Waals surface area contributed by atoms with Crippen LogP contribution < -0.4 is 5.84 Å². The van der Waals surface area contributed by atoms with Crippen LogP contribution in [0.25, 0.3) is 0 Å². The third-order valence-electron chi connectivity index (χ3n) is 3.76. The lowest BCUT2D eigenvalue weighted by Crippen LogP contribution is -2.14. The molecule has 0 bridgehead atoms. The zero-order valence-corrected chi connectivity index (χ0v) is 14.5. The highest BCUT2D eigenvalue weighted by atomic mass is 32.2. The number of benzene rings is 2. The Morgan fingerprint density at radius 1 is 1.16 bits per heavy atom. The second-order valence-corrected chi connectivity index (χ2v) is 6.67. The monoisotopic (exact) mass is 354 g/mol. The lowest BCUT2D eigenvalue weighted by atomic mass is 10.1. The number of aryl methyl sites for hydroxylation is 1. The molecule has 7 heteroatoms.